The largest absolute Gasteiger partial charge is 0.353 e. The highest BCUT2D eigenvalue weighted by Gasteiger charge is 2.23. The van der Waals surface area contributed by atoms with Gasteiger partial charge in [-0.3, -0.25) is 4.79 Å². The van der Waals surface area contributed by atoms with E-state index in [2.05, 4.69) is 17.6 Å². The van der Waals surface area contributed by atoms with Gasteiger partial charge in [0, 0.05) is 31.2 Å². The second-order valence-corrected chi connectivity index (χ2v) is 6.08. The lowest BCUT2D eigenvalue weighted by Crippen LogP contribution is -2.47. The van der Waals surface area contributed by atoms with Crippen molar-refractivity contribution in [3.8, 4) is 0 Å². The van der Waals surface area contributed by atoms with Crippen LogP contribution in [0.25, 0.3) is 0 Å². The van der Waals surface area contributed by atoms with Crippen LogP contribution < -0.4 is 10.6 Å². The molecule has 0 radical (unpaired) electrons. The fourth-order valence-corrected chi connectivity index (χ4v) is 2.79. The Balaban J connectivity index is 1.69. The quantitative estimate of drug-likeness (QED) is 0.790. The van der Waals surface area contributed by atoms with Gasteiger partial charge >= 0.3 is 6.03 Å². The third-order valence-corrected chi connectivity index (χ3v) is 4.18. The van der Waals surface area contributed by atoms with Crippen LogP contribution in [0.15, 0.2) is 30.3 Å². The van der Waals surface area contributed by atoms with Crippen LogP contribution in [-0.2, 0) is 4.79 Å². The first kappa shape index (κ1) is 17.3. The Hall–Kier alpha value is -2.04. The molecule has 1 aliphatic heterocycles. The average molecular weight is 317 g/mol. The zero-order valence-corrected chi connectivity index (χ0v) is 13.9. The van der Waals surface area contributed by atoms with E-state index in [1.54, 1.807) is 0 Å². The molecule has 1 fully saturated rings. The van der Waals surface area contributed by atoms with Gasteiger partial charge in [0.05, 0.1) is 0 Å². The summed E-state index contributed by atoms with van der Waals surface area (Å²) in [6.07, 6.45) is 5.44. The molecule has 5 heteroatoms. The zero-order valence-electron chi connectivity index (χ0n) is 13.9. The van der Waals surface area contributed by atoms with Gasteiger partial charge in [-0.15, -0.1) is 0 Å². The van der Waals surface area contributed by atoms with Crippen molar-refractivity contribution in [2.75, 3.05) is 18.4 Å². The maximum absolute atomic E-state index is 12.2. The lowest BCUT2D eigenvalue weighted by molar-refractivity contribution is -0.122. The molecule has 0 aromatic heterocycles. The molecule has 1 aromatic carbocycles. The van der Waals surface area contributed by atoms with Crippen LogP contribution in [0.3, 0.4) is 0 Å². The molecule has 5 nitrogen and oxygen atoms in total. The van der Waals surface area contributed by atoms with Crippen LogP contribution >= 0.6 is 0 Å². The minimum Gasteiger partial charge on any atom is -0.353 e. The summed E-state index contributed by atoms with van der Waals surface area (Å²) in [4.78, 5) is 25.8. The molecule has 1 aromatic rings. The molecule has 2 N–H and O–H groups in total. The SMILES string of the molecule is CCCCCC(=O)NC1CCN(C(=O)Nc2ccccc2)CC1. The predicted molar refractivity (Wildman–Crippen MR) is 92.3 cm³/mol. The highest BCUT2D eigenvalue weighted by Crippen LogP contribution is 2.13. The van der Waals surface area contributed by atoms with E-state index in [-0.39, 0.29) is 18.0 Å². The van der Waals surface area contributed by atoms with Crippen molar-refractivity contribution in [3.63, 3.8) is 0 Å². The molecule has 0 atom stereocenters. The number of hydrogen-bond acceptors (Lipinski definition) is 2. The number of urea groups is 1. The van der Waals surface area contributed by atoms with E-state index in [9.17, 15) is 9.59 Å². The van der Waals surface area contributed by atoms with Crippen LogP contribution in [0, 0.1) is 0 Å². The number of nitrogens with zero attached hydrogens (tertiary/aromatic N) is 1. The number of benzene rings is 1. The summed E-state index contributed by atoms with van der Waals surface area (Å²) < 4.78 is 0. The Labute approximate surface area is 138 Å². The van der Waals surface area contributed by atoms with Gasteiger partial charge in [-0.1, -0.05) is 38.0 Å². The van der Waals surface area contributed by atoms with Crippen molar-refractivity contribution in [2.45, 2.75) is 51.5 Å². The van der Waals surface area contributed by atoms with Gasteiger partial charge in [-0.2, -0.15) is 0 Å². The lowest BCUT2D eigenvalue weighted by atomic mass is 10.0. The molecule has 0 unspecified atom stereocenters. The molecule has 1 aliphatic rings. The molecule has 0 saturated carbocycles. The van der Waals surface area contributed by atoms with Crippen LogP contribution in [0.4, 0.5) is 10.5 Å². The summed E-state index contributed by atoms with van der Waals surface area (Å²) in [5.74, 6) is 0.144. The molecule has 23 heavy (non-hydrogen) atoms. The van der Waals surface area contributed by atoms with Gasteiger partial charge < -0.3 is 15.5 Å². The van der Waals surface area contributed by atoms with Gasteiger partial charge in [-0.25, -0.2) is 4.79 Å². The van der Waals surface area contributed by atoms with Crippen molar-refractivity contribution < 1.29 is 9.59 Å². The molecule has 126 valence electrons. The molecule has 1 saturated heterocycles. The first-order valence-corrected chi connectivity index (χ1v) is 8.59. The zero-order chi connectivity index (χ0) is 16.5. The number of amides is 3. The summed E-state index contributed by atoms with van der Waals surface area (Å²) in [5.41, 5.74) is 0.809. The van der Waals surface area contributed by atoms with Crippen molar-refractivity contribution in [1.29, 1.82) is 0 Å². The van der Waals surface area contributed by atoms with E-state index < -0.39 is 0 Å². The number of likely N-dealkylation sites (tertiary alicyclic amines) is 1. The van der Waals surface area contributed by atoms with Crippen molar-refractivity contribution in [3.05, 3.63) is 30.3 Å². The number of anilines is 1. The third-order valence-electron chi connectivity index (χ3n) is 4.18. The highest BCUT2D eigenvalue weighted by molar-refractivity contribution is 5.89. The molecule has 0 bridgehead atoms. The van der Waals surface area contributed by atoms with Crippen LogP contribution in [0.2, 0.25) is 0 Å². The van der Waals surface area contributed by atoms with Crippen LogP contribution in [-0.4, -0.2) is 36.0 Å². The second-order valence-electron chi connectivity index (χ2n) is 6.08. The fourth-order valence-electron chi connectivity index (χ4n) is 2.79. The summed E-state index contributed by atoms with van der Waals surface area (Å²) in [6, 6.07) is 9.60. The van der Waals surface area contributed by atoms with E-state index >= 15 is 0 Å². The van der Waals surface area contributed by atoms with E-state index in [0.717, 1.165) is 37.8 Å². The number of para-hydroxylation sites is 1. The Morgan fingerprint density at radius 3 is 2.48 bits per heavy atom. The summed E-state index contributed by atoms with van der Waals surface area (Å²) in [7, 11) is 0. The molecular weight excluding hydrogens is 290 g/mol. The maximum Gasteiger partial charge on any atom is 0.321 e. The molecule has 1 heterocycles. The summed E-state index contributed by atoms with van der Waals surface area (Å²) in [5, 5.41) is 5.99. The van der Waals surface area contributed by atoms with Gasteiger partial charge in [0.1, 0.15) is 0 Å². The van der Waals surface area contributed by atoms with Gasteiger partial charge in [-0.05, 0) is 31.4 Å². The second kappa shape index (κ2) is 9.18. The topological polar surface area (TPSA) is 61.4 Å². The normalized spacial score (nSPS) is 15.3. The van der Waals surface area contributed by atoms with E-state index in [4.69, 9.17) is 0 Å². The molecule has 3 amide bonds. The first-order valence-electron chi connectivity index (χ1n) is 8.59. The fraction of sp³-hybridized carbons (Fsp3) is 0.556. The minimum absolute atomic E-state index is 0.0658. The molecule has 0 aliphatic carbocycles. The smallest absolute Gasteiger partial charge is 0.321 e. The number of rotatable bonds is 6. The van der Waals surface area contributed by atoms with E-state index in [1.165, 1.54) is 0 Å². The third kappa shape index (κ3) is 5.93. The van der Waals surface area contributed by atoms with E-state index in [1.807, 2.05) is 35.2 Å². The lowest BCUT2D eigenvalue weighted by Gasteiger charge is -2.32. The number of carbonyl (C=O) groups is 2. The van der Waals surface area contributed by atoms with Crippen LogP contribution in [0.1, 0.15) is 45.4 Å². The molecule has 0 spiro atoms. The highest BCUT2D eigenvalue weighted by atomic mass is 16.2. The Kier molecular flexibility index (Phi) is 6.91. The number of hydrogen-bond donors (Lipinski definition) is 2. The van der Waals surface area contributed by atoms with Crippen molar-refractivity contribution >= 4 is 17.6 Å². The van der Waals surface area contributed by atoms with Gasteiger partial charge in [0.15, 0.2) is 0 Å². The Morgan fingerprint density at radius 1 is 1.13 bits per heavy atom. The monoisotopic (exact) mass is 317 g/mol. The minimum atomic E-state index is -0.0658. The van der Waals surface area contributed by atoms with Crippen molar-refractivity contribution in [1.82, 2.24) is 10.2 Å². The molecule has 2 rings (SSSR count). The number of nitrogens with one attached hydrogen (secondary N) is 2. The number of piperidine rings is 1. The standard InChI is InChI=1S/C18H27N3O2/c1-2-3-5-10-17(22)19-16-11-13-21(14-12-16)18(23)20-15-8-6-4-7-9-15/h4,6-9,16H,2-3,5,10-14H2,1H3,(H,19,22)(H,20,23). The molecular formula is C18H27N3O2. The average Bonchev–Trinajstić information content (AvgIpc) is 2.56. The van der Waals surface area contributed by atoms with Gasteiger partial charge in [0.2, 0.25) is 5.91 Å². The Bertz CT molecular complexity index is 496. The summed E-state index contributed by atoms with van der Waals surface area (Å²) >= 11 is 0. The van der Waals surface area contributed by atoms with Gasteiger partial charge in [0.25, 0.3) is 0 Å². The summed E-state index contributed by atoms with van der Waals surface area (Å²) in [6.45, 7) is 3.49. The van der Waals surface area contributed by atoms with E-state index in [0.29, 0.717) is 19.5 Å². The predicted octanol–water partition coefficient (Wildman–Crippen LogP) is 3.38. The number of carbonyl (C=O) groups excluding carboxylic acids is 2. The number of unbranched alkanes of at least 4 members (excludes halogenated alkanes) is 2. The Morgan fingerprint density at radius 2 is 1.83 bits per heavy atom. The van der Waals surface area contributed by atoms with Crippen LogP contribution in [0.5, 0.6) is 0 Å². The first-order chi connectivity index (χ1) is 11.2. The maximum atomic E-state index is 12.2. The van der Waals surface area contributed by atoms with Crippen molar-refractivity contribution in [2.24, 2.45) is 0 Å².